The molecule has 3 rings (SSSR count). The number of urea groups is 1. The summed E-state index contributed by atoms with van der Waals surface area (Å²) in [7, 11) is -2.76. The van der Waals surface area contributed by atoms with Crippen molar-refractivity contribution in [3.63, 3.8) is 0 Å². The number of benzene rings is 2. The van der Waals surface area contributed by atoms with Gasteiger partial charge in [0, 0.05) is 13.1 Å². The third kappa shape index (κ3) is 3.75. The number of nitrogens with zero attached hydrogens (tertiary/aromatic N) is 2. The van der Waals surface area contributed by atoms with Crippen LogP contribution < -0.4 is 13.9 Å². The van der Waals surface area contributed by atoms with Crippen molar-refractivity contribution in [2.45, 2.75) is 24.8 Å². The Balaban J connectivity index is 2.02. The van der Waals surface area contributed by atoms with Gasteiger partial charge in [0.2, 0.25) is 0 Å². The van der Waals surface area contributed by atoms with Gasteiger partial charge < -0.3 is 9.47 Å². The number of esters is 1. The molecule has 2 aromatic rings. The minimum Gasteiger partial charge on any atom is -0.479 e. The molecular formula is C19H19ClN2O6S. The third-order valence-electron chi connectivity index (χ3n) is 4.27. The van der Waals surface area contributed by atoms with E-state index >= 15 is 0 Å². The quantitative estimate of drug-likeness (QED) is 0.664. The molecule has 2 amide bonds. The maximum Gasteiger partial charge on any atom is 0.347 e. The first-order valence-electron chi connectivity index (χ1n) is 8.73. The number of amides is 2. The number of ether oxygens (including phenoxy) is 2. The molecule has 0 unspecified atom stereocenters. The van der Waals surface area contributed by atoms with Crippen LogP contribution in [-0.4, -0.2) is 40.2 Å². The van der Waals surface area contributed by atoms with E-state index in [9.17, 15) is 18.0 Å². The predicted octanol–water partition coefficient (Wildman–Crippen LogP) is 3.44. The minimum absolute atomic E-state index is 0.0629. The van der Waals surface area contributed by atoms with Gasteiger partial charge in [-0.15, -0.1) is 0 Å². The summed E-state index contributed by atoms with van der Waals surface area (Å²) in [5.41, 5.74) is 0.194. The Morgan fingerprint density at radius 3 is 2.52 bits per heavy atom. The number of hydrogen-bond donors (Lipinski definition) is 0. The van der Waals surface area contributed by atoms with Gasteiger partial charge in [0.15, 0.2) is 6.10 Å². The molecule has 0 saturated carbocycles. The fourth-order valence-electron chi connectivity index (χ4n) is 2.85. The lowest BCUT2D eigenvalue weighted by Gasteiger charge is -2.34. The van der Waals surface area contributed by atoms with Crippen molar-refractivity contribution in [3.8, 4) is 5.75 Å². The summed E-state index contributed by atoms with van der Waals surface area (Å²) in [5.74, 6) is -0.322. The van der Waals surface area contributed by atoms with Crippen LogP contribution in [0.2, 0.25) is 5.02 Å². The van der Waals surface area contributed by atoms with Crippen molar-refractivity contribution in [3.05, 3.63) is 47.5 Å². The van der Waals surface area contributed by atoms with Gasteiger partial charge in [-0.1, -0.05) is 23.7 Å². The van der Waals surface area contributed by atoms with Crippen molar-refractivity contribution in [1.82, 2.24) is 0 Å². The molecule has 10 heteroatoms. The molecule has 1 atom stereocenters. The molecule has 2 aromatic carbocycles. The second kappa shape index (κ2) is 7.92. The number of hydrogen-bond acceptors (Lipinski definition) is 6. The SMILES string of the molecule is CCOC(=O)[C@@H](C)Oc1ccc2c(c1)N(C)C(=O)N(c1ccccc1Cl)S2(=O)=O. The van der Waals surface area contributed by atoms with Crippen molar-refractivity contribution >= 4 is 45.0 Å². The molecule has 0 aromatic heterocycles. The van der Waals surface area contributed by atoms with E-state index in [1.54, 1.807) is 19.1 Å². The van der Waals surface area contributed by atoms with E-state index in [1.807, 2.05) is 0 Å². The second-order valence-corrected chi connectivity index (χ2v) is 8.37. The summed E-state index contributed by atoms with van der Waals surface area (Å²) in [6, 6.07) is 9.53. The van der Waals surface area contributed by atoms with Crippen LogP contribution in [-0.2, 0) is 19.6 Å². The smallest absolute Gasteiger partial charge is 0.347 e. The molecule has 1 aliphatic rings. The van der Waals surface area contributed by atoms with Crippen molar-refractivity contribution in [2.24, 2.45) is 0 Å². The van der Waals surface area contributed by atoms with Gasteiger partial charge in [0.1, 0.15) is 10.6 Å². The number of anilines is 2. The van der Waals surface area contributed by atoms with E-state index in [1.165, 1.54) is 49.2 Å². The lowest BCUT2D eigenvalue weighted by Crippen LogP contribution is -2.49. The van der Waals surface area contributed by atoms with Crippen molar-refractivity contribution in [1.29, 1.82) is 0 Å². The number of sulfonamides is 1. The van der Waals surface area contributed by atoms with Crippen molar-refractivity contribution < 1.29 is 27.5 Å². The van der Waals surface area contributed by atoms with Crippen molar-refractivity contribution in [2.75, 3.05) is 22.9 Å². The fraction of sp³-hybridized carbons (Fsp3) is 0.263. The molecule has 154 valence electrons. The molecule has 0 saturated heterocycles. The largest absolute Gasteiger partial charge is 0.479 e. The summed E-state index contributed by atoms with van der Waals surface area (Å²) in [4.78, 5) is 25.7. The maximum absolute atomic E-state index is 13.1. The van der Waals surface area contributed by atoms with Crippen LogP contribution in [0, 0.1) is 0 Å². The Kier molecular flexibility index (Phi) is 5.72. The lowest BCUT2D eigenvalue weighted by atomic mass is 10.2. The highest BCUT2D eigenvalue weighted by Gasteiger charge is 2.42. The average molecular weight is 439 g/mol. The molecule has 0 aliphatic carbocycles. The summed E-state index contributed by atoms with van der Waals surface area (Å²) < 4.78 is 37.4. The average Bonchev–Trinajstić information content (AvgIpc) is 2.68. The van der Waals surface area contributed by atoms with E-state index in [4.69, 9.17) is 21.1 Å². The van der Waals surface area contributed by atoms with Crippen LogP contribution in [0.1, 0.15) is 13.8 Å². The molecule has 0 bridgehead atoms. The number of carbonyl (C=O) groups excluding carboxylic acids is 2. The normalized spacial score (nSPS) is 16.2. The zero-order valence-electron chi connectivity index (χ0n) is 16.0. The summed E-state index contributed by atoms with van der Waals surface area (Å²) in [5, 5.41) is 0.129. The van der Waals surface area contributed by atoms with Gasteiger partial charge in [-0.3, -0.25) is 4.90 Å². The predicted molar refractivity (Wildman–Crippen MR) is 108 cm³/mol. The molecular weight excluding hydrogens is 420 g/mol. The molecule has 8 nitrogen and oxygen atoms in total. The number of fused-ring (bicyclic) bond motifs is 1. The number of halogens is 1. The molecule has 0 N–H and O–H groups in total. The molecule has 1 heterocycles. The summed E-state index contributed by atoms with van der Waals surface area (Å²) in [6.45, 7) is 3.41. The van der Waals surface area contributed by atoms with Gasteiger partial charge in [-0.05, 0) is 38.1 Å². The van der Waals surface area contributed by atoms with Crippen LogP contribution in [0.15, 0.2) is 47.4 Å². The number of carbonyl (C=O) groups is 2. The highest BCUT2D eigenvalue weighted by molar-refractivity contribution is 7.94. The third-order valence-corrected chi connectivity index (χ3v) is 6.33. The first-order chi connectivity index (χ1) is 13.7. The lowest BCUT2D eigenvalue weighted by molar-refractivity contribution is -0.150. The Hall–Kier alpha value is -2.78. The van der Waals surface area contributed by atoms with Gasteiger partial charge in [-0.25, -0.2) is 18.0 Å². The van der Waals surface area contributed by atoms with E-state index in [0.717, 1.165) is 0 Å². The topological polar surface area (TPSA) is 93.2 Å². The molecule has 0 fully saturated rings. The zero-order chi connectivity index (χ0) is 21.3. The minimum atomic E-state index is -4.20. The van der Waals surface area contributed by atoms with Gasteiger partial charge in [0.05, 0.1) is 23.0 Å². The van der Waals surface area contributed by atoms with Crippen LogP contribution in [0.3, 0.4) is 0 Å². The molecule has 0 spiro atoms. The Morgan fingerprint density at radius 2 is 1.86 bits per heavy atom. The van der Waals surface area contributed by atoms with E-state index in [2.05, 4.69) is 0 Å². The van der Waals surface area contributed by atoms with Gasteiger partial charge >= 0.3 is 12.0 Å². The van der Waals surface area contributed by atoms with Crippen LogP contribution >= 0.6 is 11.6 Å². The first-order valence-corrected chi connectivity index (χ1v) is 10.5. The zero-order valence-corrected chi connectivity index (χ0v) is 17.5. The highest BCUT2D eigenvalue weighted by atomic mass is 35.5. The highest BCUT2D eigenvalue weighted by Crippen LogP contribution is 2.40. The van der Waals surface area contributed by atoms with Gasteiger partial charge in [0.25, 0.3) is 10.0 Å². The fourth-order valence-corrected chi connectivity index (χ4v) is 4.77. The molecule has 1 aliphatic heterocycles. The Labute approximate surface area is 173 Å². The molecule has 0 radical (unpaired) electrons. The van der Waals surface area contributed by atoms with Crippen LogP contribution in [0.25, 0.3) is 0 Å². The first kappa shape index (κ1) is 20.9. The van der Waals surface area contributed by atoms with Crippen LogP contribution in [0.5, 0.6) is 5.75 Å². The van der Waals surface area contributed by atoms with Gasteiger partial charge in [-0.2, -0.15) is 4.31 Å². The maximum atomic E-state index is 13.1. The standard InChI is InChI=1S/C19H19ClN2O6S/c1-4-27-18(23)12(2)28-13-9-10-17-16(11-13)21(3)19(24)22(29(17,25)26)15-8-6-5-7-14(15)20/h5-12H,4H2,1-3H3/t12-/m1/s1. The Morgan fingerprint density at radius 1 is 1.17 bits per heavy atom. The molecule has 29 heavy (non-hydrogen) atoms. The van der Waals surface area contributed by atoms with E-state index in [-0.39, 0.29) is 33.6 Å². The Bertz CT molecular complexity index is 1070. The van der Waals surface area contributed by atoms with Crippen LogP contribution in [0.4, 0.5) is 16.2 Å². The van der Waals surface area contributed by atoms with E-state index in [0.29, 0.717) is 4.31 Å². The second-order valence-electron chi connectivity index (χ2n) is 6.20. The number of para-hydroxylation sites is 1. The summed E-state index contributed by atoms with van der Waals surface area (Å²) in [6.07, 6.45) is -0.895. The summed E-state index contributed by atoms with van der Waals surface area (Å²) >= 11 is 6.12. The van der Waals surface area contributed by atoms with E-state index < -0.39 is 28.1 Å². The monoisotopic (exact) mass is 438 g/mol. The number of rotatable bonds is 5.